The maximum atomic E-state index is 13.4. The van der Waals surface area contributed by atoms with Gasteiger partial charge in [0.1, 0.15) is 23.9 Å². The third-order valence-electron chi connectivity index (χ3n) is 6.68. The molecule has 3 heterocycles. The van der Waals surface area contributed by atoms with E-state index in [2.05, 4.69) is 15.0 Å². The molecule has 1 aliphatic heterocycles. The first-order valence-electron chi connectivity index (χ1n) is 12.7. The predicted octanol–water partition coefficient (Wildman–Crippen LogP) is -3.07. The zero-order valence-corrected chi connectivity index (χ0v) is 23.9. The number of carboxylic acids is 3. The molecule has 2 aromatic heterocycles. The highest BCUT2D eigenvalue weighted by atomic mass is 32.2. The molecule has 0 aliphatic carbocycles. The molecule has 0 spiro atoms. The lowest BCUT2D eigenvalue weighted by molar-refractivity contribution is -0.321. The molecular weight excluding hydrogens is 668 g/mol. The lowest BCUT2D eigenvalue weighted by Crippen LogP contribution is -2.63. The SMILES string of the molecule is CC(=O)N(CC(F)(F)F)c1nc(SCCC(F)(F)F)nc2c1ncn2[C@@H]1O[C@H](C(O)CC(=O)[O-])[C@](O)(CC(=O)[O-])[C@]1(O)CC(=O)[O-]. The van der Waals surface area contributed by atoms with Crippen molar-refractivity contribution in [2.45, 2.75) is 79.8 Å². The summed E-state index contributed by atoms with van der Waals surface area (Å²) in [6.07, 6.45) is -22.6. The van der Waals surface area contributed by atoms with Crippen LogP contribution in [0.25, 0.3) is 11.2 Å². The predicted molar refractivity (Wildman–Crippen MR) is 129 cm³/mol. The van der Waals surface area contributed by atoms with Gasteiger partial charge in [-0.1, -0.05) is 11.8 Å². The summed E-state index contributed by atoms with van der Waals surface area (Å²) >= 11 is 0.252. The van der Waals surface area contributed by atoms with Crippen LogP contribution < -0.4 is 20.2 Å². The summed E-state index contributed by atoms with van der Waals surface area (Å²) in [5, 5.41) is 67.2. The van der Waals surface area contributed by atoms with Crippen molar-refractivity contribution in [2.24, 2.45) is 0 Å². The number of hydrogen-bond acceptors (Lipinski definition) is 15. The Labute approximate surface area is 256 Å². The number of aliphatic hydroxyl groups excluding tert-OH is 1. The number of nitrogens with zero attached hydrogens (tertiary/aromatic N) is 5. The topological polar surface area (TPSA) is 254 Å². The minimum atomic E-state index is -5.05. The highest BCUT2D eigenvalue weighted by molar-refractivity contribution is 7.99. The number of hydrogen-bond donors (Lipinski definition) is 3. The van der Waals surface area contributed by atoms with E-state index in [9.17, 15) is 76.2 Å². The quantitative estimate of drug-likeness (QED) is 0.107. The molecule has 1 amide bonds. The molecular formula is C23H22F6N5O11S-3. The van der Waals surface area contributed by atoms with Gasteiger partial charge in [0.05, 0.1) is 18.9 Å². The molecule has 1 fully saturated rings. The van der Waals surface area contributed by atoms with Crippen LogP contribution in [0.4, 0.5) is 32.2 Å². The lowest BCUT2D eigenvalue weighted by atomic mass is 9.73. The van der Waals surface area contributed by atoms with Crippen molar-refractivity contribution in [3.8, 4) is 0 Å². The molecule has 0 radical (unpaired) electrons. The Bertz CT molecular complexity index is 1510. The van der Waals surface area contributed by atoms with E-state index in [1.165, 1.54) is 0 Å². The number of alkyl halides is 6. The van der Waals surface area contributed by atoms with Crippen molar-refractivity contribution in [3.05, 3.63) is 6.33 Å². The van der Waals surface area contributed by atoms with E-state index in [1.807, 2.05) is 0 Å². The first-order valence-corrected chi connectivity index (χ1v) is 13.6. The number of carbonyl (C=O) groups excluding carboxylic acids is 4. The van der Waals surface area contributed by atoms with E-state index < -0.39 is 126 Å². The molecule has 0 bridgehead atoms. The third kappa shape index (κ3) is 7.94. The second-order valence-electron chi connectivity index (χ2n) is 10.1. The molecule has 16 nitrogen and oxygen atoms in total. The summed E-state index contributed by atoms with van der Waals surface area (Å²) in [4.78, 5) is 58.2. The number of aliphatic hydroxyl groups is 3. The first-order chi connectivity index (χ1) is 21.0. The fraction of sp³-hybridized carbons (Fsp3) is 0.609. The molecule has 0 saturated carbocycles. The lowest BCUT2D eigenvalue weighted by Gasteiger charge is -2.42. The summed E-state index contributed by atoms with van der Waals surface area (Å²) in [5.74, 6) is -9.29. The van der Waals surface area contributed by atoms with Crippen LogP contribution in [0.15, 0.2) is 11.5 Å². The normalized spacial score (nSPS) is 24.2. The fourth-order valence-corrected chi connectivity index (χ4v) is 5.64. The third-order valence-corrected chi connectivity index (χ3v) is 7.53. The number of halogens is 6. The monoisotopic (exact) mass is 690 g/mol. The summed E-state index contributed by atoms with van der Waals surface area (Å²) in [6.45, 7) is -1.29. The van der Waals surface area contributed by atoms with E-state index in [4.69, 9.17) is 4.74 Å². The van der Waals surface area contributed by atoms with Gasteiger partial charge in [-0.15, -0.1) is 0 Å². The van der Waals surface area contributed by atoms with E-state index in [1.54, 1.807) is 0 Å². The second kappa shape index (κ2) is 13.1. The van der Waals surface area contributed by atoms with Gasteiger partial charge >= 0.3 is 12.4 Å². The number of fused-ring (bicyclic) bond motifs is 1. The number of carbonyl (C=O) groups is 4. The number of aromatic nitrogens is 4. The van der Waals surface area contributed by atoms with E-state index in [-0.39, 0.29) is 16.7 Å². The molecule has 1 aliphatic rings. The fourth-order valence-electron chi connectivity index (χ4n) is 4.82. The Morgan fingerprint density at radius 2 is 1.61 bits per heavy atom. The van der Waals surface area contributed by atoms with Crippen LogP contribution in [0.1, 0.15) is 38.8 Å². The van der Waals surface area contributed by atoms with Crippen LogP contribution in [0.2, 0.25) is 0 Å². The zero-order chi connectivity index (χ0) is 35.0. The zero-order valence-electron chi connectivity index (χ0n) is 23.1. The van der Waals surface area contributed by atoms with Crippen molar-refractivity contribution in [2.75, 3.05) is 17.2 Å². The van der Waals surface area contributed by atoms with Gasteiger partial charge in [-0.2, -0.15) is 26.3 Å². The molecule has 2 aromatic rings. The van der Waals surface area contributed by atoms with Crippen molar-refractivity contribution in [3.63, 3.8) is 0 Å². The Morgan fingerprint density at radius 3 is 2.11 bits per heavy atom. The Morgan fingerprint density at radius 1 is 1.02 bits per heavy atom. The number of imidazole rings is 1. The number of rotatable bonds is 13. The molecule has 256 valence electrons. The van der Waals surface area contributed by atoms with Crippen molar-refractivity contribution >= 4 is 52.6 Å². The van der Waals surface area contributed by atoms with Gasteiger partial charge in [-0.05, 0) is 0 Å². The van der Waals surface area contributed by atoms with Gasteiger partial charge in [-0.3, -0.25) is 14.3 Å². The van der Waals surface area contributed by atoms with Crippen LogP contribution >= 0.6 is 11.8 Å². The Kier molecular flexibility index (Phi) is 10.5. The number of aliphatic carboxylic acids is 3. The Hall–Kier alpha value is -3.80. The van der Waals surface area contributed by atoms with Gasteiger partial charge in [0.15, 0.2) is 28.4 Å². The number of amides is 1. The summed E-state index contributed by atoms with van der Waals surface area (Å²) < 4.78 is 84.5. The number of thioether (sulfide) groups is 1. The largest absolute Gasteiger partial charge is 0.550 e. The summed E-state index contributed by atoms with van der Waals surface area (Å²) in [7, 11) is 0. The molecule has 3 N–H and O–H groups in total. The molecule has 0 aromatic carbocycles. The average Bonchev–Trinajstić information content (AvgIpc) is 3.36. The highest BCUT2D eigenvalue weighted by Crippen LogP contribution is 2.51. The summed E-state index contributed by atoms with van der Waals surface area (Å²) in [6, 6.07) is 0. The number of carboxylic acid groups (broad SMARTS) is 3. The smallest absolute Gasteiger partial charge is 0.406 e. The molecule has 5 atom stereocenters. The molecule has 23 heteroatoms. The van der Waals surface area contributed by atoms with Crippen LogP contribution in [-0.2, 0) is 23.9 Å². The second-order valence-corrected chi connectivity index (χ2v) is 11.1. The van der Waals surface area contributed by atoms with E-state index >= 15 is 0 Å². The average molecular weight is 691 g/mol. The van der Waals surface area contributed by atoms with Gasteiger partial charge in [-0.25, -0.2) is 15.0 Å². The number of ether oxygens (including phenoxy) is 1. The maximum absolute atomic E-state index is 13.4. The van der Waals surface area contributed by atoms with Crippen LogP contribution in [0.5, 0.6) is 0 Å². The maximum Gasteiger partial charge on any atom is 0.406 e. The number of anilines is 1. The minimum Gasteiger partial charge on any atom is -0.550 e. The van der Waals surface area contributed by atoms with Crippen molar-refractivity contribution < 1.29 is 80.9 Å². The van der Waals surface area contributed by atoms with E-state index in [0.29, 0.717) is 17.8 Å². The minimum absolute atomic E-state index is 0.0386. The van der Waals surface area contributed by atoms with Gasteiger partial charge in [0.25, 0.3) is 0 Å². The van der Waals surface area contributed by atoms with Crippen LogP contribution in [-0.4, -0.2) is 107 Å². The van der Waals surface area contributed by atoms with Crippen LogP contribution in [0, 0.1) is 0 Å². The van der Waals surface area contributed by atoms with Gasteiger partial charge in [0.2, 0.25) is 5.91 Å². The summed E-state index contributed by atoms with van der Waals surface area (Å²) in [5.41, 5.74) is -8.26. The van der Waals surface area contributed by atoms with Crippen molar-refractivity contribution in [1.29, 1.82) is 0 Å². The molecule has 46 heavy (non-hydrogen) atoms. The van der Waals surface area contributed by atoms with E-state index in [0.717, 1.165) is 0 Å². The van der Waals surface area contributed by atoms with Gasteiger partial charge < -0.3 is 49.8 Å². The standard InChI is InChI=1S/C23H25F6N5O11S/c1-9(35)33(7-23(27,28)29)16-14-17(32-19(31-16)46-3-2-22(24,25)26)34(8-30-14)18-21(44,6-13(41)42)20(43,5-12(39)40)15(45-18)10(36)4-11(37)38/h8,10,15,18,36,43-44H,2-7H2,1H3,(H,37,38)(H,39,40)(H,41,42)/p-3/t10?,15-,18-,20-,21+/m1/s1. The first kappa shape index (κ1) is 36.7. The molecule has 1 unspecified atom stereocenters. The highest BCUT2D eigenvalue weighted by Gasteiger charge is 2.68. The van der Waals surface area contributed by atoms with Crippen LogP contribution in [0.3, 0.4) is 0 Å². The molecule has 3 rings (SSSR count). The Balaban J connectivity index is 2.32. The van der Waals surface area contributed by atoms with Gasteiger partial charge in [0, 0.05) is 49.8 Å². The van der Waals surface area contributed by atoms with Crippen molar-refractivity contribution in [1.82, 2.24) is 19.5 Å². The molecule has 1 saturated heterocycles.